The highest BCUT2D eigenvalue weighted by Gasteiger charge is 2.14. The van der Waals surface area contributed by atoms with Crippen molar-refractivity contribution >= 4 is 0 Å². The van der Waals surface area contributed by atoms with E-state index in [-0.39, 0.29) is 5.41 Å². The lowest BCUT2D eigenvalue weighted by atomic mass is 9.85. The van der Waals surface area contributed by atoms with E-state index in [4.69, 9.17) is 10.5 Å². The maximum absolute atomic E-state index is 5.41. The van der Waals surface area contributed by atoms with Gasteiger partial charge in [-0.2, -0.15) is 0 Å². The molecule has 1 aromatic rings. The Kier molecular flexibility index (Phi) is 5.16. The molecule has 0 spiro atoms. The summed E-state index contributed by atoms with van der Waals surface area (Å²) in [6.07, 6.45) is 0.969. The summed E-state index contributed by atoms with van der Waals surface area (Å²) in [5, 5.41) is 0. The van der Waals surface area contributed by atoms with Gasteiger partial charge in [0.25, 0.3) is 0 Å². The van der Waals surface area contributed by atoms with Crippen LogP contribution in [-0.2, 0) is 16.6 Å². The van der Waals surface area contributed by atoms with E-state index in [0.717, 1.165) is 13.0 Å². The van der Waals surface area contributed by atoms with Crippen molar-refractivity contribution in [3.8, 4) is 0 Å². The lowest BCUT2D eigenvalue weighted by Crippen LogP contribution is -2.12. The molecule has 17 heavy (non-hydrogen) atoms. The maximum Gasteiger partial charge on any atom is 0.0588 e. The number of nitrogens with two attached hydrogens (primary N) is 1. The van der Waals surface area contributed by atoms with Crippen LogP contribution in [0.1, 0.15) is 37.5 Å². The Labute approximate surface area is 105 Å². The zero-order chi connectivity index (χ0) is 12.9. The smallest absolute Gasteiger partial charge is 0.0588 e. The van der Waals surface area contributed by atoms with Gasteiger partial charge in [0, 0.05) is 6.54 Å². The first kappa shape index (κ1) is 14.2. The first-order valence-electron chi connectivity index (χ1n) is 6.33. The number of hydrogen-bond donors (Lipinski definition) is 1. The van der Waals surface area contributed by atoms with E-state index in [1.807, 2.05) is 0 Å². The van der Waals surface area contributed by atoms with Gasteiger partial charge in [0.15, 0.2) is 0 Å². The van der Waals surface area contributed by atoms with Gasteiger partial charge in [0.05, 0.1) is 13.2 Å². The number of ether oxygens (including phenoxy) is 1. The van der Waals surface area contributed by atoms with Crippen LogP contribution in [0.15, 0.2) is 18.2 Å². The summed E-state index contributed by atoms with van der Waals surface area (Å²) in [6.45, 7) is 10.9. The second-order valence-corrected chi connectivity index (χ2v) is 5.54. The lowest BCUT2D eigenvalue weighted by Gasteiger charge is -2.20. The van der Waals surface area contributed by atoms with Crippen LogP contribution in [0.3, 0.4) is 0 Å². The number of hydrogen-bond acceptors (Lipinski definition) is 2. The van der Waals surface area contributed by atoms with E-state index in [1.54, 1.807) is 0 Å². The summed E-state index contributed by atoms with van der Waals surface area (Å²) in [5.74, 6) is 0. The highest BCUT2D eigenvalue weighted by Crippen LogP contribution is 2.24. The molecule has 0 radical (unpaired) electrons. The summed E-state index contributed by atoms with van der Waals surface area (Å²) in [6, 6.07) is 6.74. The minimum Gasteiger partial charge on any atom is -0.380 e. The molecule has 0 saturated carbocycles. The van der Waals surface area contributed by atoms with Gasteiger partial charge in [-0.3, -0.25) is 0 Å². The van der Waals surface area contributed by atoms with Crippen molar-refractivity contribution in [2.75, 3.05) is 19.8 Å². The van der Waals surface area contributed by atoms with Crippen molar-refractivity contribution in [1.29, 1.82) is 0 Å². The fourth-order valence-corrected chi connectivity index (χ4v) is 1.81. The van der Waals surface area contributed by atoms with E-state index < -0.39 is 0 Å². The van der Waals surface area contributed by atoms with Crippen molar-refractivity contribution in [3.05, 3.63) is 34.9 Å². The van der Waals surface area contributed by atoms with Gasteiger partial charge in [-0.1, -0.05) is 39.0 Å². The van der Waals surface area contributed by atoms with Crippen molar-refractivity contribution in [1.82, 2.24) is 0 Å². The Morgan fingerprint density at radius 1 is 1.18 bits per heavy atom. The second kappa shape index (κ2) is 6.18. The summed E-state index contributed by atoms with van der Waals surface area (Å²) in [5.41, 5.74) is 9.72. The van der Waals surface area contributed by atoms with Crippen LogP contribution in [0, 0.1) is 6.92 Å². The molecular formula is C15H25NO. The first-order valence-corrected chi connectivity index (χ1v) is 6.33. The molecule has 0 amide bonds. The number of benzene rings is 1. The minimum absolute atomic E-state index is 0.222. The second-order valence-electron chi connectivity index (χ2n) is 5.54. The molecule has 2 heteroatoms. The van der Waals surface area contributed by atoms with E-state index in [9.17, 15) is 0 Å². The normalized spacial score (nSPS) is 11.8. The standard InChI is InChI=1S/C15H25NO/c1-12-11-14(15(2,3)4)6-5-13(12)7-9-17-10-8-16/h5-6,11H,7-10,16H2,1-4H3. The molecule has 1 aromatic carbocycles. The van der Waals surface area contributed by atoms with Gasteiger partial charge in [-0.05, 0) is 35.4 Å². The van der Waals surface area contributed by atoms with E-state index in [0.29, 0.717) is 13.2 Å². The third kappa shape index (κ3) is 4.49. The maximum atomic E-state index is 5.41. The molecule has 0 atom stereocenters. The Bertz CT molecular complexity index is 352. The van der Waals surface area contributed by atoms with E-state index in [2.05, 4.69) is 45.9 Å². The molecule has 1 rings (SSSR count). The lowest BCUT2D eigenvalue weighted by molar-refractivity contribution is 0.144. The van der Waals surface area contributed by atoms with Gasteiger partial charge in [0.1, 0.15) is 0 Å². The minimum atomic E-state index is 0.222. The summed E-state index contributed by atoms with van der Waals surface area (Å²) in [4.78, 5) is 0. The molecule has 2 N–H and O–H groups in total. The highest BCUT2D eigenvalue weighted by atomic mass is 16.5. The zero-order valence-electron chi connectivity index (χ0n) is 11.5. The zero-order valence-corrected chi connectivity index (χ0v) is 11.5. The Hall–Kier alpha value is -0.860. The number of aryl methyl sites for hydroxylation is 1. The van der Waals surface area contributed by atoms with Gasteiger partial charge < -0.3 is 10.5 Å². The van der Waals surface area contributed by atoms with E-state index >= 15 is 0 Å². The molecule has 2 nitrogen and oxygen atoms in total. The van der Waals surface area contributed by atoms with Crippen LogP contribution in [0.5, 0.6) is 0 Å². The Morgan fingerprint density at radius 3 is 2.41 bits per heavy atom. The van der Waals surface area contributed by atoms with Crippen molar-refractivity contribution in [2.24, 2.45) is 5.73 Å². The average molecular weight is 235 g/mol. The molecule has 0 heterocycles. The highest BCUT2D eigenvalue weighted by molar-refractivity contribution is 5.34. The van der Waals surface area contributed by atoms with Crippen LogP contribution >= 0.6 is 0 Å². The molecule has 0 aliphatic rings. The Morgan fingerprint density at radius 2 is 1.88 bits per heavy atom. The molecule has 0 fully saturated rings. The molecular weight excluding hydrogens is 210 g/mol. The van der Waals surface area contributed by atoms with Crippen LogP contribution < -0.4 is 5.73 Å². The summed E-state index contributed by atoms with van der Waals surface area (Å²) >= 11 is 0. The molecule has 0 aliphatic heterocycles. The topological polar surface area (TPSA) is 35.2 Å². The van der Waals surface area contributed by atoms with Crippen LogP contribution in [-0.4, -0.2) is 19.8 Å². The van der Waals surface area contributed by atoms with Gasteiger partial charge >= 0.3 is 0 Å². The van der Waals surface area contributed by atoms with Crippen molar-refractivity contribution in [3.63, 3.8) is 0 Å². The third-order valence-corrected chi connectivity index (χ3v) is 2.99. The molecule has 0 saturated heterocycles. The van der Waals surface area contributed by atoms with Crippen LogP contribution in [0.2, 0.25) is 0 Å². The van der Waals surface area contributed by atoms with Crippen LogP contribution in [0.25, 0.3) is 0 Å². The predicted octanol–water partition coefficient (Wildman–Crippen LogP) is 2.81. The SMILES string of the molecule is Cc1cc(C(C)(C)C)ccc1CCOCCN. The van der Waals surface area contributed by atoms with Gasteiger partial charge in [-0.15, -0.1) is 0 Å². The first-order chi connectivity index (χ1) is 7.95. The van der Waals surface area contributed by atoms with Crippen molar-refractivity contribution in [2.45, 2.75) is 39.5 Å². The predicted molar refractivity (Wildman–Crippen MR) is 73.5 cm³/mol. The van der Waals surface area contributed by atoms with Gasteiger partial charge in [0.2, 0.25) is 0 Å². The Balaban J connectivity index is 2.64. The fraction of sp³-hybridized carbons (Fsp3) is 0.600. The number of rotatable bonds is 5. The molecule has 0 bridgehead atoms. The molecule has 96 valence electrons. The van der Waals surface area contributed by atoms with Crippen LogP contribution in [0.4, 0.5) is 0 Å². The van der Waals surface area contributed by atoms with E-state index in [1.165, 1.54) is 16.7 Å². The summed E-state index contributed by atoms with van der Waals surface area (Å²) in [7, 11) is 0. The van der Waals surface area contributed by atoms with Gasteiger partial charge in [-0.25, -0.2) is 0 Å². The summed E-state index contributed by atoms with van der Waals surface area (Å²) < 4.78 is 5.41. The molecule has 0 aliphatic carbocycles. The third-order valence-electron chi connectivity index (χ3n) is 2.99. The quantitative estimate of drug-likeness (QED) is 0.797. The fourth-order valence-electron chi connectivity index (χ4n) is 1.81. The average Bonchev–Trinajstić information content (AvgIpc) is 2.24. The van der Waals surface area contributed by atoms with Crippen molar-refractivity contribution < 1.29 is 4.74 Å². The monoisotopic (exact) mass is 235 g/mol. The molecule has 0 aromatic heterocycles. The molecule has 0 unspecified atom stereocenters. The largest absolute Gasteiger partial charge is 0.380 e.